The van der Waals surface area contributed by atoms with Gasteiger partial charge in [-0.1, -0.05) is 24.3 Å². The first-order valence-corrected chi connectivity index (χ1v) is 3.83. The molecule has 64 valence electrons. The fourth-order valence-corrected chi connectivity index (χ4v) is 1.15. The first-order chi connectivity index (χ1) is 5.63. The minimum absolute atomic E-state index is 0.0862. The van der Waals surface area contributed by atoms with Crippen molar-refractivity contribution in [3.63, 3.8) is 0 Å². The molecule has 2 atom stereocenters. The molecular formula is C9H12N2O. The van der Waals surface area contributed by atoms with Crippen molar-refractivity contribution < 1.29 is 4.79 Å². The molecule has 0 aliphatic heterocycles. The van der Waals surface area contributed by atoms with E-state index in [0.717, 1.165) is 0 Å². The van der Waals surface area contributed by atoms with E-state index in [1.807, 2.05) is 12.2 Å². The number of nitrogens with one attached hydrogen (secondary N) is 1. The molecule has 0 aromatic rings. The van der Waals surface area contributed by atoms with E-state index in [1.54, 1.807) is 12.2 Å². The van der Waals surface area contributed by atoms with Gasteiger partial charge in [-0.05, 0) is 0 Å². The van der Waals surface area contributed by atoms with Crippen molar-refractivity contribution in [2.24, 2.45) is 11.7 Å². The SMILES string of the molecule is CC(=O)C(=N)C1C=CC=CC1N. The highest BCUT2D eigenvalue weighted by Crippen LogP contribution is 2.12. The maximum Gasteiger partial charge on any atom is 0.173 e. The number of carbonyl (C=O) groups excluding carboxylic acids is 1. The molecule has 0 radical (unpaired) electrons. The Kier molecular flexibility index (Phi) is 2.55. The Morgan fingerprint density at radius 3 is 2.50 bits per heavy atom. The minimum atomic E-state index is -0.243. The van der Waals surface area contributed by atoms with E-state index in [4.69, 9.17) is 11.1 Å². The van der Waals surface area contributed by atoms with E-state index in [0.29, 0.717) is 0 Å². The third kappa shape index (κ3) is 1.68. The van der Waals surface area contributed by atoms with Crippen molar-refractivity contribution in [3.05, 3.63) is 24.3 Å². The molecule has 1 aliphatic rings. The zero-order valence-corrected chi connectivity index (χ0v) is 6.95. The third-order valence-corrected chi connectivity index (χ3v) is 1.89. The van der Waals surface area contributed by atoms with E-state index in [1.165, 1.54) is 6.92 Å². The second kappa shape index (κ2) is 3.45. The summed E-state index contributed by atoms with van der Waals surface area (Å²) in [6.45, 7) is 1.39. The fraction of sp³-hybridized carbons (Fsp3) is 0.333. The molecule has 0 spiro atoms. The Bertz CT molecular complexity index is 266. The Labute approximate surface area is 71.5 Å². The van der Waals surface area contributed by atoms with Crippen LogP contribution in [0.4, 0.5) is 0 Å². The van der Waals surface area contributed by atoms with Crippen LogP contribution in [-0.4, -0.2) is 17.5 Å². The second-order valence-electron chi connectivity index (χ2n) is 2.84. The first kappa shape index (κ1) is 8.87. The molecular weight excluding hydrogens is 152 g/mol. The molecule has 0 amide bonds. The maximum absolute atomic E-state index is 10.9. The lowest BCUT2D eigenvalue weighted by Crippen LogP contribution is -2.36. The molecule has 0 fully saturated rings. The van der Waals surface area contributed by atoms with Gasteiger partial charge in [0, 0.05) is 18.9 Å². The lowest BCUT2D eigenvalue weighted by molar-refractivity contribution is -0.111. The number of carbonyl (C=O) groups is 1. The average molecular weight is 164 g/mol. The predicted molar refractivity (Wildman–Crippen MR) is 48.2 cm³/mol. The van der Waals surface area contributed by atoms with Crippen LogP contribution in [0, 0.1) is 11.3 Å². The highest BCUT2D eigenvalue weighted by Gasteiger charge is 2.21. The zero-order valence-electron chi connectivity index (χ0n) is 6.95. The van der Waals surface area contributed by atoms with Gasteiger partial charge < -0.3 is 11.1 Å². The quantitative estimate of drug-likeness (QED) is 0.589. The Morgan fingerprint density at radius 1 is 1.42 bits per heavy atom. The molecule has 3 nitrogen and oxygen atoms in total. The minimum Gasteiger partial charge on any atom is -0.324 e. The largest absolute Gasteiger partial charge is 0.324 e. The molecule has 0 bridgehead atoms. The van der Waals surface area contributed by atoms with E-state index in [9.17, 15) is 4.79 Å². The molecule has 2 unspecified atom stereocenters. The summed E-state index contributed by atoms with van der Waals surface area (Å²) < 4.78 is 0. The van der Waals surface area contributed by atoms with Crippen LogP contribution in [0.2, 0.25) is 0 Å². The lowest BCUT2D eigenvalue weighted by atomic mass is 9.89. The zero-order chi connectivity index (χ0) is 9.14. The van der Waals surface area contributed by atoms with Gasteiger partial charge in [0.2, 0.25) is 0 Å². The van der Waals surface area contributed by atoms with Crippen LogP contribution >= 0.6 is 0 Å². The normalized spacial score (nSPS) is 27.2. The molecule has 0 saturated carbocycles. The fourth-order valence-electron chi connectivity index (χ4n) is 1.15. The number of allylic oxidation sites excluding steroid dienone is 2. The Hall–Kier alpha value is -1.22. The van der Waals surface area contributed by atoms with Crippen molar-refractivity contribution in [1.29, 1.82) is 5.41 Å². The summed E-state index contributed by atoms with van der Waals surface area (Å²) in [6.07, 6.45) is 7.22. The van der Waals surface area contributed by atoms with E-state index in [-0.39, 0.29) is 23.5 Å². The summed E-state index contributed by atoms with van der Waals surface area (Å²) in [5.41, 5.74) is 5.77. The number of Topliss-reactive ketones (excluding diaryl/α,β-unsaturated/α-hetero) is 1. The van der Waals surface area contributed by atoms with Crippen LogP contribution < -0.4 is 5.73 Å². The lowest BCUT2D eigenvalue weighted by Gasteiger charge is -2.19. The van der Waals surface area contributed by atoms with Crippen LogP contribution in [0.5, 0.6) is 0 Å². The van der Waals surface area contributed by atoms with Crippen LogP contribution in [0.1, 0.15) is 6.92 Å². The number of nitrogens with two attached hydrogens (primary N) is 1. The van der Waals surface area contributed by atoms with Gasteiger partial charge in [-0.25, -0.2) is 0 Å². The topological polar surface area (TPSA) is 66.9 Å². The van der Waals surface area contributed by atoms with E-state index >= 15 is 0 Å². The number of ketones is 1. The summed E-state index contributed by atoms with van der Waals surface area (Å²) >= 11 is 0. The van der Waals surface area contributed by atoms with Crippen molar-refractivity contribution in [2.75, 3.05) is 0 Å². The second-order valence-corrected chi connectivity index (χ2v) is 2.84. The monoisotopic (exact) mass is 164 g/mol. The van der Waals surface area contributed by atoms with Gasteiger partial charge in [0.15, 0.2) is 5.78 Å². The van der Waals surface area contributed by atoms with Crippen molar-refractivity contribution >= 4 is 11.5 Å². The summed E-state index contributed by atoms with van der Waals surface area (Å²) in [5, 5.41) is 7.45. The highest BCUT2D eigenvalue weighted by molar-refractivity contribution is 6.39. The van der Waals surface area contributed by atoms with E-state index in [2.05, 4.69) is 0 Å². The van der Waals surface area contributed by atoms with Gasteiger partial charge in [-0.15, -0.1) is 0 Å². The molecule has 1 rings (SSSR count). The molecule has 0 saturated heterocycles. The standard InChI is InChI=1S/C9H12N2O/c1-6(12)9(11)7-4-2-3-5-8(7)10/h2-5,7-8,11H,10H2,1H3. The maximum atomic E-state index is 10.9. The Morgan fingerprint density at radius 2 is 2.00 bits per heavy atom. The third-order valence-electron chi connectivity index (χ3n) is 1.89. The molecule has 3 heteroatoms. The van der Waals surface area contributed by atoms with Crippen molar-refractivity contribution in [1.82, 2.24) is 0 Å². The first-order valence-electron chi connectivity index (χ1n) is 3.83. The summed E-state index contributed by atoms with van der Waals surface area (Å²) in [5.74, 6) is -0.456. The van der Waals surface area contributed by atoms with Crippen molar-refractivity contribution in [2.45, 2.75) is 13.0 Å². The molecule has 12 heavy (non-hydrogen) atoms. The van der Waals surface area contributed by atoms with Crippen LogP contribution in [-0.2, 0) is 4.79 Å². The van der Waals surface area contributed by atoms with Crippen LogP contribution in [0.3, 0.4) is 0 Å². The summed E-state index contributed by atoms with van der Waals surface area (Å²) in [4.78, 5) is 10.9. The molecule has 0 heterocycles. The van der Waals surface area contributed by atoms with Crippen LogP contribution in [0.25, 0.3) is 0 Å². The van der Waals surface area contributed by atoms with Gasteiger partial charge in [0.05, 0.1) is 5.71 Å². The van der Waals surface area contributed by atoms with Gasteiger partial charge in [0.25, 0.3) is 0 Å². The highest BCUT2D eigenvalue weighted by atomic mass is 16.1. The van der Waals surface area contributed by atoms with Gasteiger partial charge in [0.1, 0.15) is 0 Å². The van der Waals surface area contributed by atoms with Gasteiger partial charge >= 0.3 is 0 Å². The molecule has 3 N–H and O–H groups in total. The number of rotatable bonds is 2. The molecule has 0 aromatic heterocycles. The smallest absolute Gasteiger partial charge is 0.173 e. The summed E-state index contributed by atoms with van der Waals surface area (Å²) in [6, 6.07) is -0.230. The van der Waals surface area contributed by atoms with E-state index < -0.39 is 0 Å². The van der Waals surface area contributed by atoms with Crippen molar-refractivity contribution in [3.8, 4) is 0 Å². The van der Waals surface area contributed by atoms with Crippen LogP contribution in [0.15, 0.2) is 24.3 Å². The predicted octanol–water partition coefficient (Wildman–Crippen LogP) is 0.665. The Balaban J connectivity index is 2.76. The van der Waals surface area contributed by atoms with Gasteiger partial charge in [-0.2, -0.15) is 0 Å². The average Bonchev–Trinajstić information content (AvgIpc) is 2.04. The molecule has 0 aromatic carbocycles. The number of hydrogen-bond donors (Lipinski definition) is 2. The summed E-state index contributed by atoms with van der Waals surface area (Å²) in [7, 11) is 0. The van der Waals surface area contributed by atoms with Gasteiger partial charge in [-0.3, -0.25) is 4.79 Å². The molecule has 1 aliphatic carbocycles. The number of hydrogen-bond acceptors (Lipinski definition) is 3.